The molecule has 3 aliphatic rings. The molecule has 106 valence electrons. The molecule has 0 aliphatic carbocycles. The van der Waals surface area contributed by atoms with Crippen molar-refractivity contribution in [3.05, 3.63) is 24.3 Å². The maximum absolute atomic E-state index is 11.9. The first kappa shape index (κ1) is 12.2. The van der Waals surface area contributed by atoms with Gasteiger partial charge in [0.2, 0.25) is 5.91 Å². The summed E-state index contributed by atoms with van der Waals surface area (Å²) in [5.74, 6) is 0.263. The first-order valence-corrected chi connectivity index (χ1v) is 7.49. The second-order valence-corrected chi connectivity index (χ2v) is 6.37. The van der Waals surface area contributed by atoms with Crippen molar-refractivity contribution in [2.45, 2.75) is 19.3 Å². The Morgan fingerprint density at radius 3 is 2.30 bits per heavy atom. The molecule has 1 aromatic carbocycles. The Labute approximate surface area is 119 Å². The molecule has 1 amide bonds. The minimum absolute atomic E-state index is 0.263. The van der Waals surface area contributed by atoms with Crippen molar-refractivity contribution in [1.29, 1.82) is 0 Å². The minimum atomic E-state index is 0.263. The number of hydrogen-bond acceptors (Lipinski definition) is 3. The van der Waals surface area contributed by atoms with Crippen LogP contribution in [0, 0.1) is 5.41 Å². The molecule has 0 aromatic heterocycles. The van der Waals surface area contributed by atoms with Crippen LogP contribution in [0.15, 0.2) is 24.3 Å². The molecule has 1 spiro atoms. The maximum atomic E-state index is 11.9. The first-order chi connectivity index (χ1) is 9.76. The lowest BCUT2D eigenvalue weighted by atomic mass is 9.78. The van der Waals surface area contributed by atoms with E-state index in [2.05, 4.69) is 29.2 Å². The molecular formula is C16H20N2O2. The number of benzene rings is 1. The zero-order valence-electron chi connectivity index (χ0n) is 11.7. The van der Waals surface area contributed by atoms with Gasteiger partial charge < -0.3 is 14.5 Å². The normalized spacial score (nSPS) is 24.5. The third-order valence-electron chi connectivity index (χ3n) is 4.72. The largest absolute Gasteiger partial charge is 0.380 e. The summed E-state index contributed by atoms with van der Waals surface area (Å²) < 4.78 is 5.30. The van der Waals surface area contributed by atoms with Gasteiger partial charge in [-0.05, 0) is 37.1 Å². The van der Waals surface area contributed by atoms with Crippen molar-refractivity contribution in [3.63, 3.8) is 0 Å². The summed E-state index contributed by atoms with van der Waals surface area (Å²) in [5, 5.41) is 0. The molecule has 3 fully saturated rings. The molecule has 0 saturated carbocycles. The van der Waals surface area contributed by atoms with Crippen molar-refractivity contribution < 1.29 is 9.53 Å². The Morgan fingerprint density at radius 1 is 1.00 bits per heavy atom. The number of rotatable bonds is 2. The van der Waals surface area contributed by atoms with Gasteiger partial charge in [0, 0.05) is 37.4 Å². The Kier molecular flexibility index (Phi) is 2.74. The summed E-state index contributed by atoms with van der Waals surface area (Å²) in [6, 6.07) is 8.45. The van der Waals surface area contributed by atoms with Gasteiger partial charge in [-0.25, -0.2) is 0 Å². The third kappa shape index (κ3) is 1.90. The van der Waals surface area contributed by atoms with E-state index in [9.17, 15) is 4.79 Å². The third-order valence-corrected chi connectivity index (χ3v) is 4.72. The average molecular weight is 272 g/mol. The van der Waals surface area contributed by atoms with Crippen molar-refractivity contribution in [2.75, 3.05) is 42.6 Å². The van der Waals surface area contributed by atoms with Gasteiger partial charge in [-0.2, -0.15) is 0 Å². The van der Waals surface area contributed by atoms with Crippen LogP contribution in [0.2, 0.25) is 0 Å². The topological polar surface area (TPSA) is 32.8 Å². The molecule has 1 aromatic rings. The molecular weight excluding hydrogens is 252 g/mol. The lowest BCUT2D eigenvalue weighted by Gasteiger charge is -2.56. The van der Waals surface area contributed by atoms with Crippen molar-refractivity contribution in [3.8, 4) is 0 Å². The highest BCUT2D eigenvalue weighted by atomic mass is 16.5. The summed E-state index contributed by atoms with van der Waals surface area (Å²) in [6.45, 7) is 4.92. The van der Waals surface area contributed by atoms with Gasteiger partial charge in [0.15, 0.2) is 0 Å². The Bertz CT molecular complexity index is 514. The van der Waals surface area contributed by atoms with Gasteiger partial charge in [-0.15, -0.1) is 0 Å². The molecule has 4 heteroatoms. The van der Waals surface area contributed by atoms with Gasteiger partial charge in [-0.3, -0.25) is 4.79 Å². The number of anilines is 2. The Balaban J connectivity index is 1.45. The lowest BCUT2D eigenvalue weighted by molar-refractivity contribution is -0.127. The minimum Gasteiger partial charge on any atom is -0.380 e. The van der Waals surface area contributed by atoms with Crippen LogP contribution < -0.4 is 9.80 Å². The maximum Gasteiger partial charge on any atom is 0.226 e. The average Bonchev–Trinajstić information content (AvgIpc) is 2.37. The van der Waals surface area contributed by atoms with E-state index in [0.717, 1.165) is 51.4 Å². The van der Waals surface area contributed by atoms with E-state index in [1.807, 2.05) is 4.90 Å². The SMILES string of the molecule is O=C1CCCCN1c1ccc(N2CC3(COC3)C2)cc1. The molecule has 3 aliphatic heterocycles. The molecule has 4 nitrogen and oxygen atoms in total. The summed E-state index contributed by atoms with van der Waals surface area (Å²) in [5.41, 5.74) is 2.75. The van der Waals surface area contributed by atoms with E-state index < -0.39 is 0 Å². The highest BCUT2D eigenvalue weighted by Gasteiger charge is 2.48. The molecule has 20 heavy (non-hydrogen) atoms. The predicted octanol–water partition coefficient (Wildman–Crippen LogP) is 2.04. The summed E-state index contributed by atoms with van der Waals surface area (Å²) in [4.78, 5) is 16.2. The van der Waals surface area contributed by atoms with Crippen molar-refractivity contribution in [2.24, 2.45) is 5.41 Å². The van der Waals surface area contributed by atoms with Gasteiger partial charge in [0.25, 0.3) is 0 Å². The molecule has 0 atom stereocenters. The monoisotopic (exact) mass is 272 g/mol. The predicted molar refractivity (Wildman–Crippen MR) is 78.1 cm³/mol. The standard InChI is InChI=1S/C16H20N2O2/c19-15-3-1-2-8-18(15)14-6-4-13(5-7-14)17-9-16(10-17)11-20-12-16/h4-7H,1-3,8-12H2. The van der Waals surface area contributed by atoms with Gasteiger partial charge >= 0.3 is 0 Å². The van der Waals surface area contributed by atoms with Crippen LogP contribution in [-0.4, -0.2) is 38.8 Å². The van der Waals surface area contributed by atoms with E-state index >= 15 is 0 Å². The molecule has 0 unspecified atom stereocenters. The van der Waals surface area contributed by atoms with E-state index in [1.54, 1.807) is 0 Å². The zero-order valence-corrected chi connectivity index (χ0v) is 11.7. The number of hydrogen-bond donors (Lipinski definition) is 0. The molecule has 0 N–H and O–H groups in total. The van der Waals surface area contributed by atoms with Crippen LogP contribution in [0.4, 0.5) is 11.4 Å². The highest BCUT2D eigenvalue weighted by molar-refractivity contribution is 5.94. The summed E-state index contributed by atoms with van der Waals surface area (Å²) >= 11 is 0. The van der Waals surface area contributed by atoms with Gasteiger partial charge in [-0.1, -0.05) is 0 Å². The zero-order chi connectivity index (χ0) is 13.6. The Hall–Kier alpha value is -1.55. The highest BCUT2D eigenvalue weighted by Crippen LogP contribution is 2.40. The van der Waals surface area contributed by atoms with Gasteiger partial charge in [0.05, 0.1) is 18.6 Å². The molecule has 0 bridgehead atoms. The van der Waals surface area contributed by atoms with E-state index in [4.69, 9.17) is 4.74 Å². The van der Waals surface area contributed by atoms with Crippen LogP contribution >= 0.6 is 0 Å². The fraction of sp³-hybridized carbons (Fsp3) is 0.562. The van der Waals surface area contributed by atoms with Crippen LogP contribution in [0.3, 0.4) is 0 Å². The van der Waals surface area contributed by atoms with Crippen LogP contribution in [0.5, 0.6) is 0 Å². The van der Waals surface area contributed by atoms with Crippen LogP contribution in [0.1, 0.15) is 19.3 Å². The lowest BCUT2D eigenvalue weighted by Crippen LogP contribution is -2.66. The summed E-state index contributed by atoms with van der Waals surface area (Å²) in [6.07, 6.45) is 2.84. The fourth-order valence-electron chi connectivity index (χ4n) is 3.44. The number of piperidine rings is 1. The molecule has 3 heterocycles. The quantitative estimate of drug-likeness (QED) is 0.826. The van der Waals surface area contributed by atoms with E-state index in [1.165, 1.54) is 5.69 Å². The first-order valence-electron chi connectivity index (χ1n) is 7.49. The van der Waals surface area contributed by atoms with Crippen molar-refractivity contribution in [1.82, 2.24) is 0 Å². The second-order valence-electron chi connectivity index (χ2n) is 6.37. The molecule has 3 saturated heterocycles. The number of nitrogens with zero attached hydrogens (tertiary/aromatic N) is 2. The van der Waals surface area contributed by atoms with Crippen molar-refractivity contribution >= 4 is 17.3 Å². The van der Waals surface area contributed by atoms with Gasteiger partial charge in [0.1, 0.15) is 0 Å². The number of amides is 1. The number of ether oxygens (including phenoxy) is 1. The fourth-order valence-corrected chi connectivity index (χ4v) is 3.44. The van der Waals surface area contributed by atoms with E-state index in [0.29, 0.717) is 11.8 Å². The Morgan fingerprint density at radius 2 is 1.70 bits per heavy atom. The van der Waals surface area contributed by atoms with E-state index in [-0.39, 0.29) is 5.91 Å². The summed E-state index contributed by atoms with van der Waals surface area (Å²) in [7, 11) is 0. The molecule has 4 rings (SSSR count). The second kappa shape index (κ2) is 4.48. The smallest absolute Gasteiger partial charge is 0.226 e. The number of carbonyl (C=O) groups excluding carboxylic acids is 1. The van der Waals surface area contributed by atoms with Crippen LogP contribution in [0.25, 0.3) is 0 Å². The number of carbonyl (C=O) groups is 1. The molecule has 0 radical (unpaired) electrons. The van der Waals surface area contributed by atoms with Crippen LogP contribution in [-0.2, 0) is 9.53 Å².